The summed E-state index contributed by atoms with van der Waals surface area (Å²) in [6.45, 7) is 1.45. The van der Waals surface area contributed by atoms with E-state index in [0.717, 1.165) is 18.7 Å². The van der Waals surface area contributed by atoms with Crippen LogP contribution in [0, 0.1) is 5.95 Å². The van der Waals surface area contributed by atoms with Crippen molar-refractivity contribution in [3.63, 3.8) is 0 Å². The van der Waals surface area contributed by atoms with Crippen LogP contribution in [0.25, 0.3) is 0 Å². The number of hydrogen-bond acceptors (Lipinski definition) is 3. The summed E-state index contributed by atoms with van der Waals surface area (Å²) in [4.78, 5) is 3.50. The van der Waals surface area contributed by atoms with Crippen molar-refractivity contribution in [2.75, 3.05) is 18.4 Å². The van der Waals surface area contributed by atoms with Crippen LogP contribution in [0.15, 0.2) is 18.3 Å². The molecule has 0 aliphatic carbocycles. The summed E-state index contributed by atoms with van der Waals surface area (Å²) in [6.07, 6.45) is 2.36. The maximum absolute atomic E-state index is 12.3. The molecule has 0 aliphatic rings. The minimum atomic E-state index is -0.459. The molecular formula is C8H12FN3. The van der Waals surface area contributed by atoms with Gasteiger partial charge in [0.05, 0.1) is 11.9 Å². The molecule has 0 aromatic carbocycles. The third-order valence-electron chi connectivity index (χ3n) is 1.44. The number of aromatic nitrogens is 1. The highest BCUT2D eigenvalue weighted by molar-refractivity contribution is 5.39. The molecule has 0 saturated heterocycles. The van der Waals surface area contributed by atoms with Gasteiger partial charge in [-0.05, 0) is 25.1 Å². The molecule has 0 aliphatic heterocycles. The van der Waals surface area contributed by atoms with Gasteiger partial charge in [-0.25, -0.2) is 4.98 Å². The van der Waals surface area contributed by atoms with Crippen LogP contribution in [0.5, 0.6) is 0 Å². The van der Waals surface area contributed by atoms with Gasteiger partial charge in [0.15, 0.2) is 0 Å². The maximum Gasteiger partial charge on any atom is 0.212 e. The van der Waals surface area contributed by atoms with Crippen LogP contribution in [0.1, 0.15) is 6.42 Å². The zero-order chi connectivity index (χ0) is 8.81. The molecule has 1 rings (SSSR count). The molecule has 0 atom stereocenters. The van der Waals surface area contributed by atoms with Crippen molar-refractivity contribution in [1.29, 1.82) is 0 Å². The first-order valence-electron chi connectivity index (χ1n) is 3.88. The molecule has 3 N–H and O–H groups in total. The largest absolute Gasteiger partial charge is 0.384 e. The zero-order valence-electron chi connectivity index (χ0n) is 6.76. The van der Waals surface area contributed by atoms with Crippen LogP contribution in [-0.4, -0.2) is 18.1 Å². The standard InChI is InChI=1S/C8H12FN3/c9-8-3-2-7(6-12-8)11-5-1-4-10/h2-3,6,11H,1,4-5,10H2. The number of nitrogens with two attached hydrogens (primary N) is 1. The quantitative estimate of drug-likeness (QED) is 0.522. The van der Waals surface area contributed by atoms with Crippen molar-refractivity contribution in [3.05, 3.63) is 24.3 Å². The SMILES string of the molecule is NCCCNc1ccc(F)nc1. The van der Waals surface area contributed by atoms with Crippen LogP contribution in [0.2, 0.25) is 0 Å². The molecule has 0 radical (unpaired) electrons. The lowest BCUT2D eigenvalue weighted by molar-refractivity contribution is 0.584. The molecule has 3 nitrogen and oxygen atoms in total. The third-order valence-corrected chi connectivity index (χ3v) is 1.44. The third kappa shape index (κ3) is 2.84. The van der Waals surface area contributed by atoms with Gasteiger partial charge < -0.3 is 11.1 Å². The van der Waals surface area contributed by atoms with E-state index in [2.05, 4.69) is 10.3 Å². The van der Waals surface area contributed by atoms with Crippen LogP contribution < -0.4 is 11.1 Å². The second-order valence-electron chi connectivity index (χ2n) is 2.44. The first-order chi connectivity index (χ1) is 5.83. The van der Waals surface area contributed by atoms with E-state index >= 15 is 0 Å². The Morgan fingerprint density at radius 2 is 2.33 bits per heavy atom. The normalized spacial score (nSPS) is 9.83. The second kappa shape index (κ2) is 4.66. The fraction of sp³-hybridized carbons (Fsp3) is 0.375. The first kappa shape index (κ1) is 8.93. The molecule has 12 heavy (non-hydrogen) atoms. The van der Waals surface area contributed by atoms with Crippen molar-refractivity contribution >= 4 is 5.69 Å². The van der Waals surface area contributed by atoms with E-state index in [1.54, 1.807) is 6.07 Å². The second-order valence-corrected chi connectivity index (χ2v) is 2.44. The average Bonchev–Trinajstić information content (AvgIpc) is 2.09. The number of nitrogens with one attached hydrogen (secondary N) is 1. The molecule has 1 heterocycles. The molecule has 1 aromatic heterocycles. The Morgan fingerprint density at radius 1 is 1.50 bits per heavy atom. The van der Waals surface area contributed by atoms with E-state index in [0.29, 0.717) is 6.54 Å². The molecule has 0 amide bonds. The molecule has 0 spiro atoms. The number of nitrogens with zero attached hydrogens (tertiary/aromatic N) is 1. The molecule has 0 bridgehead atoms. The van der Waals surface area contributed by atoms with Crippen molar-refractivity contribution in [3.8, 4) is 0 Å². The van der Waals surface area contributed by atoms with E-state index in [4.69, 9.17) is 5.73 Å². The number of anilines is 1. The van der Waals surface area contributed by atoms with Crippen molar-refractivity contribution in [2.24, 2.45) is 5.73 Å². The lowest BCUT2D eigenvalue weighted by Gasteiger charge is -2.03. The Kier molecular flexibility index (Phi) is 3.47. The molecule has 66 valence electrons. The Balaban J connectivity index is 2.37. The van der Waals surface area contributed by atoms with Crippen LogP contribution in [-0.2, 0) is 0 Å². The van der Waals surface area contributed by atoms with Gasteiger partial charge >= 0.3 is 0 Å². The van der Waals surface area contributed by atoms with E-state index in [9.17, 15) is 4.39 Å². The highest BCUT2D eigenvalue weighted by atomic mass is 19.1. The Bertz CT molecular complexity index is 222. The lowest BCUT2D eigenvalue weighted by atomic mass is 10.4. The van der Waals surface area contributed by atoms with Crippen molar-refractivity contribution < 1.29 is 4.39 Å². The van der Waals surface area contributed by atoms with E-state index in [1.807, 2.05) is 0 Å². The lowest BCUT2D eigenvalue weighted by Crippen LogP contribution is -2.08. The predicted molar refractivity (Wildman–Crippen MR) is 46.4 cm³/mol. The van der Waals surface area contributed by atoms with E-state index in [-0.39, 0.29) is 0 Å². The molecule has 0 fully saturated rings. The molecular weight excluding hydrogens is 157 g/mol. The summed E-state index contributed by atoms with van der Waals surface area (Å²) in [6, 6.07) is 2.98. The number of pyridine rings is 1. The number of halogens is 1. The minimum Gasteiger partial charge on any atom is -0.384 e. The summed E-state index contributed by atoms with van der Waals surface area (Å²) in [5, 5.41) is 3.06. The van der Waals surface area contributed by atoms with Crippen molar-refractivity contribution in [1.82, 2.24) is 4.98 Å². The van der Waals surface area contributed by atoms with E-state index < -0.39 is 5.95 Å². The summed E-state index contributed by atoms with van der Waals surface area (Å²) in [5.74, 6) is -0.459. The molecule has 0 saturated carbocycles. The van der Waals surface area contributed by atoms with Gasteiger partial charge in [-0.3, -0.25) is 0 Å². The zero-order valence-corrected chi connectivity index (χ0v) is 6.76. The summed E-state index contributed by atoms with van der Waals surface area (Å²) in [5.41, 5.74) is 6.13. The Labute approximate surface area is 70.8 Å². The van der Waals surface area contributed by atoms with Crippen LogP contribution in [0.3, 0.4) is 0 Å². The smallest absolute Gasteiger partial charge is 0.212 e. The topological polar surface area (TPSA) is 50.9 Å². The average molecular weight is 169 g/mol. The van der Waals surface area contributed by atoms with Gasteiger partial charge in [-0.1, -0.05) is 0 Å². The van der Waals surface area contributed by atoms with Gasteiger partial charge in [0, 0.05) is 6.54 Å². The van der Waals surface area contributed by atoms with Gasteiger partial charge in [0.25, 0.3) is 0 Å². The Morgan fingerprint density at radius 3 is 2.92 bits per heavy atom. The van der Waals surface area contributed by atoms with Gasteiger partial charge in [0.2, 0.25) is 5.95 Å². The number of rotatable bonds is 4. The molecule has 0 unspecified atom stereocenters. The van der Waals surface area contributed by atoms with Crippen LogP contribution in [0.4, 0.5) is 10.1 Å². The maximum atomic E-state index is 12.3. The highest BCUT2D eigenvalue weighted by Crippen LogP contribution is 2.04. The summed E-state index contributed by atoms with van der Waals surface area (Å²) >= 11 is 0. The fourth-order valence-corrected chi connectivity index (χ4v) is 0.815. The predicted octanol–water partition coefficient (Wildman–Crippen LogP) is 0.981. The fourth-order valence-electron chi connectivity index (χ4n) is 0.815. The van der Waals surface area contributed by atoms with Gasteiger partial charge in [0.1, 0.15) is 0 Å². The van der Waals surface area contributed by atoms with Gasteiger partial charge in [-0.15, -0.1) is 0 Å². The highest BCUT2D eigenvalue weighted by Gasteiger charge is 1.92. The number of hydrogen-bond donors (Lipinski definition) is 2. The molecule has 4 heteroatoms. The first-order valence-corrected chi connectivity index (χ1v) is 3.88. The summed E-state index contributed by atoms with van der Waals surface area (Å²) < 4.78 is 12.3. The van der Waals surface area contributed by atoms with Gasteiger partial charge in [-0.2, -0.15) is 4.39 Å². The van der Waals surface area contributed by atoms with Crippen molar-refractivity contribution in [2.45, 2.75) is 6.42 Å². The monoisotopic (exact) mass is 169 g/mol. The Hall–Kier alpha value is -1.16. The molecule has 1 aromatic rings. The van der Waals surface area contributed by atoms with E-state index in [1.165, 1.54) is 12.3 Å². The minimum absolute atomic E-state index is 0.459. The summed E-state index contributed by atoms with van der Waals surface area (Å²) in [7, 11) is 0. The van der Waals surface area contributed by atoms with Crippen LogP contribution >= 0.6 is 0 Å².